The van der Waals surface area contributed by atoms with Crippen LogP contribution in [-0.4, -0.2) is 0 Å². The van der Waals surface area contributed by atoms with Crippen LogP contribution in [-0.2, 0) is 0 Å². The third-order valence-corrected chi connectivity index (χ3v) is 4.40. The topological polar surface area (TPSA) is 0 Å². The summed E-state index contributed by atoms with van der Waals surface area (Å²) in [7, 11) is 0. The highest BCUT2D eigenvalue weighted by Crippen LogP contribution is 2.41. The van der Waals surface area contributed by atoms with Crippen LogP contribution in [0.5, 0.6) is 0 Å². The lowest BCUT2D eigenvalue weighted by molar-refractivity contribution is 0.515. The average molecular weight is 218 g/mol. The standard InChI is InChI=1S/C16H26/c1-2-14-12-13-15-10-8-6-4-3-5-7-9-11-16(14)15/h7,9,11,14-15H,2-6,8,10,12-13H2,1H3. The molecular formula is C16H26. The summed E-state index contributed by atoms with van der Waals surface area (Å²) in [5, 5.41) is 0. The average Bonchev–Trinajstić information content (AvgIpc) is 2.66. The molecule has 0 heterocycles. The van der Waals surface area contributed by atoms with Gasteiger partial charge in [0.25, 0.3) is 0 Å². The monoisotopic (exact) mass is 218 g/mol. The van der Waals surface area contributed by atoms with E-state index in [0.717, 1.165) is 11.8 Å². The number of rotatable bonds is 1. The van der Waals surface area contributed by atoms with Crippen molar-refractivity contribution in [3.05, 3.63) is 23.8 Å². The van der Waals surface area contributed by atoms with Gasteiger partial charge in [-0.1, -0.05) is 50.0 Å². The maximum atomic E-state index is 2.46. The minimum Gasteiger partial charge on any atom is -0.0845 e. The van der Waals surface area contributed by atoms with Crippen LogP contribution >= 0.6 is 0 Å². The predicted molar refractivity (Wildman–Crippen MR) is 71.4 cm³/mol. The largest absolute Gasteiger partial charge is 0.0845 e. The second kappa shape index (κ2) is 6.27. The Bertz CT molecular complexity index is 259. The van der Waals surface area contributed by atoms with Crippen LogP contribution in [0.1, 0.15) is 64.7 Å². The molecule has 2 unspecified atom stereocenters. The van der Waals surface area contributed by atoms with Gasteiger partial charge in [0.1, 0.15) is 0 Å². The lowest BCUT2D eigenvalue weighted by Gasteiger charge is -2.15. The number of hydrogen-bond acceptors (Lipinski definition) is 0. The first-order chi connectivity index (χ1) is 7.92. The summed E-state index contributed by atoms with van der Waals surface area (Å²) >= 11 is 0. The lowest BCUT2D eigenvalue weighted by Crippen LogP contribution is -2.01. The predicted octanol–water partition coefficient (Wildman–Crippen LogP) is 5.26. The third kappa shape index (κ3) is 2.99. The molecule has 1 saturated carbocycles. The van der Waals surface area contributed by atoms with Gasteiger partial charge in [-0.25, -0.2) is 0 Å². The zero-order valence-corrected chi connectivity index (χ0v) is 10.8. The van der Waals surface area contributed by atoms with Crippen molar-refractivity contribution in [1.82, 2.24) is 0 Å². The van der Waals surface area contributed by atoms with E-state index < -0.39 is 0 Å². The van der Waals surface area contributed by atoms with E-state index >= 15 is 0 Å². The van der Waals surface area contributed by atoms with Gasteiger partial charge in [-0.3, -0.25) is 0 Å². The summed E-state index contributed by atoms with van der Waals surface area (Å²) in [6.07, 6.45) is 19.9. The molecule has 0 bridgehead atoms. The molecule has 2 rings (SSSR count). The van der Waals surface area contributed by atoms with Crippen molar-refractivity contribution in [2.75, 3.05) is 0 Å². The fraction of sp³-hybridized carbons (Fsp3) is 0.750. The summed E-state index contributed by atoms with van der Waals surface area (Å²) in [6, 6.07) is 0. The van der Waals surface area contributed by atoms with Crippen molar-refractivity contribution >= 4 is 0 Å². The molecule has 1 fully saturated rings. The Hall–Kier alpha value is -0.520. The Balaban J connectivity index is 2.06. The first-order valence-electron chi connectivity index (χ1n) is 7.28. The number of hydrogen-bond donors (Lipinski definition) is 0. The zero-order chi connectivity index (χ0) is 11.2. The van der Waals surface area contributed by atoms with Crippen molar-refractivity contribution in [3.63, 3.8) is 0 Å². The van der Waals surface area contributed by atoms with E-state index in [1.165, 1.54) is 57.8 Å². The maximum absolute atomic E-state index is 2.46. The Kier molecular flexibility index (Phi) is 4.69. The summed E-state index contributed by atoms with van der Waals surface area (Å²) in [5.41, 5.74) is 1.78. The highest BCUT2D eigenvalue weighted by molar-refractivity contribution is 5.21. The van der Waals surface area contributed by atoms with Gasteiger partial charge in [-0.2, -0.15) is 0 Å². The summed E-state index contributed by atoms with van der Waals surface area (Å²) in [6.45, 7) is 2.35. The van der Waals surface area contributed by atoms with Crippen LogP contribution in [0.4, 0.5) is 0 Å². The van der Waals surface area contributed by atoms with E-state index in [9.17, 15) is 0 Å². The van der Waals surface area contributed by atoms with E-state index in [1.807, 2.05) is 0 Å². The Morgan fingerprint density at radius 1 is 1.06 bits per heavy atom. The molecular weight excluding hydrogens is 192 g/mol. The van der Waals surface area contributed by atoms with Crippen molar-refractivity contribution in [2.45, 2.75) is 64.7 Å². The quantitative estimate of drug-likeness (QED) is 0.563. The summed E-state index contributed by atoms with van der Waals surface area (Å²) in [5.74, 6) is 1.82. The second-order valence-corrected chi connectivity index (χ2v) is 5.47. The van der Waals surface area contributed by atoms with Crippen molar-refractivity contribution in [1.29, 1.82) is 0 Å². The molecule has 0 aromatic rings. The van der Waals surface area contributed by atoms with E-state index in [0.29, 0.717) is 0 Å². The molecule has 0 spiro atoms. The van der Waals surface area contributed by atoms with Crippen molar-refractivity contribution in [2.24, 2.45) is 11.8 Å². The van der Waals surface area contributed by atoms with Crippen LogP contribution in [0.15, 0.2) is 23.8 Å². The molecule has 2 atom stereocenters. The van der Waals surface area contributed by atoms with Crippen molar-refractivity contribution in [3.8, 4) is 0 Å². The van der Waals surface area contributed by atoms with E-state index in [4.69, 9.17) is 0 Å². The van der Waals surface area contributed by atoms with Gasteiger partial charge in [0.05, 0.1) is 0 Å². The molecule has 0 amide bonds. The van der Waals surface area contributed by atoms with E-state index in [-0.39, 0.29) is 0 Å². The van der Waals surface area contributed by atoms with Gasteiger partial charge < -0.3 is 0 Å². The molecule has 0 radical (unpaired) electrons. The zero-order valence-electron chi connectivity index (χ0n) is 10.8. The van der Waals surface area contributed by atoms with Gasteiger partial charge in [0.15, 0.2) is 0 Å². The van der Waals surface area contributed by atoms with Gasteiger partial charge in [0, 0.05) is 0 Å². The van der Waals surface area contributed by atoms with Gasteiger partial charge in [0.2, 0.25) is 0 Å². The molecule has 0 aromatic carbocycles. The van der Waals surface area contributed by atoms with E-state index in [1.54, 1.807) is 5.57 Å². The van der Waals surface area contributed by atoms with Crippen molar-refractivity contribution < 1.29 is 0 Å². The highest BCUT2D eigenvalue weighted by Gasteiger charge is 2.27. The third-order valence-electron chi connectivity index (χ3n) is 4.40. The minimum atomic E-state index is 0.899. The summed E-state index contributed by atoms with van der Waals surface area (Å²) in [4.78, 5) is 0. The van der Waals surface area contributed by atoms with Crippen LogP contribution in [0.25, 0.3) is 0 Å². The Morgan fingerprint density at radius 3 is 2.81 bits per heavy atom. The van der Waals surface area contributed by atoms with Crippen LogP contribution in [0, 0.1) is 11.8 Å². The smallest absolute Gasteiger partial charge is 0.0197 e. The number of fused-ring (bicyclic) bond motifs is 1. The molecule has 0 heteroatoms. The molecule has 90 valence electrons. The second-order valence-electron chi connectivity index (χ2n) is 5.47. The van der Waals surface area contributed by atoms with Gasteiger partial charge in [-0.05, 0) is 50.4 Å². The molecule has 0 aromatic heterocycles. The minimum absolute atomic E-state index is 0.899. The van der Waals surface area contributed by atoms with E-state index in [2.05, 4.69) is 25.2 Å². The molecule has 2 aliphatic carbocycles. The fourth-order valence-electron chi connectivity index (χ4n) is 3.37. The first kappa shape index (κ1) is 12.0. The van der Waals surface area contributed by atoms with Gasteiger partial charge >= 0.3 is 0 Å². The number of allylic oxidation sites excluding steroid dienone is 4. The Labute approximate surface area is 101 Å². The molecule has 2 aliphatic rings. The van der Waals surface area contributed by atoms with Crippen LogP contribution < -0.4 is 0 Å². The molecule has 0 nitrogen and oxygen atoms in total. The Morgan fingerprint density at radius 2 is 1.94 bits per heavy atom. The molecule has 0 aliphatic heterocycles. The summed E-state index contributed by atoms with van der Waals surface area (Å²) < 4.78 is 0. The molecule has 0 N–H and O–H groups in total. The first-order valence-corrected chi connectivity index (χ1v) is 7.28. The SMILES string of the molecule is CCC1CCC2CCCCCCC=CC=C12. The normalized spacial score (nSPS) is 31.7. The molecule has 0 saturated heterocycles. The highest BCUT2D eigenvalue weighted by atomic mass is 14.3. The van der Waals surface area contributed by atoms with Crippen LogP contribution in [0.3, 0.4) is 0 Å². The lowest BCUT2D eigenvalue weighted by atomic mass is 9.91. The molecule has 16 heavy (non-hydrogen) atoms. The van der Waals surface area contributed by atoms with Gasteiger partial charge in [-0.15, -0.1) is 0 Å². The fourth-order valence-corrected chi connectivity index (χ4v) is 3.37. The maximum Gasteiger partial charge on any atom is -0.0197 e. The van der Waals surface area contributed by atoms with Crippen LogP contribution in [0.2, 0.25) is 0 Å².